The highest BCUT2D eigenvalue weighted by Gasteiger charge is 2.34. The molecule has 0 saturated heterocycles. The van der Waals surface area contributed by atoms with Crippen LogP contribution in [0.2, 0.25) is 0 Å². The van der Waals surface area contributed by atoms with Crippen molar-refractivity contribution in [3.8, 4) is 5.75 Å². The van der Waals surface area contributed by atoms with Crippen LogP contribution < -0.4 is 27.0 Å². The second kappa shape index (κ2) is 18.6. The van der Waals surface area contributed by atoms with E-state index in [0.717, 1.165) is 0 Å². The van der Waals surface area contributed by atoms with Crippen LogP contribution in [-0.2, 0) is 35.2 Å². The zero-order valence-corrected chi connectivity index (χ0v) is 26.8. The molecule has 0 aromatic heterocycles. The number of phenols is 1. The summed E-state index contributed by atoms with van der Waals surface area (Å²) in [5.41, 5.74) is 6.81. The maximum absolute atomic E-state index is 13.5. The van der Waals surface area contributed by atoms with Gasteiger partial charge in [-0.2, -0.15) is 0 Å². The third kappa shape index (κ3) is 13.5. The summed E-state index contributed by atoms with van der Waals surface area (Å²) >= 11 is 0. The van der Waals surface area contributed by atoms with Crippen LogP contribution in [0.1, 0.15) is 72.8 Å². The van der Waals surface area contributed by atoms with Crippen molar-refractivity contribution in [3.05, 3.63) is 29.8 Å². The van der Waals surface area contributed by atoms with Gasteiger partial charge in [-0.05, 0) is 54.7 Å². The van der Waals surface area contributed by atoms with Gasteiger partial charge in [0.2, 0.25) is 23.6 Å². The number of benzene rings is 1. The Morgan fingerprint density at radius 2 is 1.29 bits per heavy atom. The van der Waals surface area contributed by atoms with E-state index in [4.69, 9.17) is 5.73 Å². The number of nitrogens with one attached hydrogen (secondary N) is 4. The van der Waals surface area contributed by atoms with E-state index in [0.29, 0.717) is 12.0 Å². The highest BCUT2D eigenvalue weighted by Crippen LogP contribution is 2.14. The van der Waals surface area contributed by atoms with Gasteiger partial charge in [-0.1, -0.05) is 60.1 Å². The van der Waals surface area contributed by atoms with Crippen molar-refractivity contribution in [2.75, 3.05) is 0 Å². The molecule has 0 bridgehead atoms. The molecule has 0 aliphatic rings. The summed E-state index contributed by atoms with van der Waals surface area (Å²) in [6.45, 7) is 10.4. The van der Waals surface area contributed by atoms with E-state index in [1.807, 2.05) is 13.8 Å². The van der Waals surface area contributed by atoms with Crippen LogP contribution in [0, 0.1) is 17.8 Å². The molecule has 1 aromatic rings. The Morgan fingerprint density at radius 1 is 0.756 bits per heavy atom. The van der Waals surface area contributed by atoms with Crippen molar-refractivity contribution >= 4 is 35.6 Å². The Bertz CT molecular complexity index is 1170. The quantitative estimate of drug-likeness (QED) is 0.107. The van der Waals surface area contributed by atoms with Gasteiger partial charge in [0.1, 0.15) is 29.9 Å². The Morgan fingerprint density at radius 3 is 1.78 bits per heavy atom. The first-order valence-corrected chi connectivity index (χ1v) is 15.2. The number of amides is 4. The highest BCUT2D eigenvalue weighted by atomic mass is 16.4. The number of carboxylic acids is 2. The maximum Gasteiger partial charge on any atom is 0.326 e. The molecule has 0 heterocycles. The predicted molar refractivity (Wildman–Crippen MR) is 166 cm³/mol. The van der Waals surface area contributed by atoms with Crippen LogP contribution in [0.25, 0.3) is 0 Å². The van der Waals surface area contributed by atoms with Crippen LogP contribution in [0.15, 0.2) is 24.3 Å². The van der Waals surface area contributed by atoms with Crippen molar-refractivity contribution in [1.29, 1.82) is 0 Å². The molecule has 0 unspecified atom stereocenters. The molecule has 9 N–H and O–H groups in total. The molecule has 6 atom stereocenters. The minimum Gasteiger partial charge on any atom is -0.508 e. The summed E-state index contributed by atoms with van der Waals surface area (Å²) in [6.07, 6.45) is 0.0269. The molecule has 252 valence electrons. The van der Waals surface area contributed by atoms with Gasteiger partial charge >= 0.3 is 11.9 Å². The number of aliphatic carboxylic acids is 2. The molecule has 14 nitrogen and oxygen atoms in total. The molecule has 0 aliphatic carbocycles. The fraction of sp³-hybridized carbons (Fsp3) is 0.613. The molecule has 0 saturated carbocycles. The van der Waals surface area contributed by atoms with Crippen LogP contribution in [0.5, 0.6) is 5.75 Å². The number of carbonyl (C=O) groups is 6. The van der Waals surface area contributed by atoms with Crippen LogP contribution in [0.4, 0.5) is 0 Å². The summed E-state index contributed by atoms with van der Waals surface area (Å²) in [7, 11) is 0. The minimum absolute atomic E-state index is 0.0301. The summed E-state index contributed by atoms with van der Waals surface area (Å²) < 4.78 is 0. The number of hydrogen-bond donors (Lipinski definition) is 8. The fourth-order valence-corrected chi connectivity index (χ4v) is 4.48. The summed E-state index contributed by atoms with van der Waals surface area (Å²) in [5.74, 6) is -6.26. The van der Waals surface area contributed by atoms with E-state index >= 15 is 0 Å². The molecule has 4 amide bonds. The Labute approximate surface area is 263 Å². The van der Waals surface area contributed by atoms with Gasteiger partial charge in [0, 0.05) is 6.42 Å². The minimum atomic E-state index is -1.39. The van der Waals surface area contributed by atoms with E-state index in [9.17, 15) is 44.1 Å². The van der Waals surface area contributed by atoms with Crippen LogP contribution >= 0.6 is 0 Å². The summed E-state index contributed by atoms with van der Waals surface area (Å²) in [4.78, 5) is 75.9. The zero-order valence-electron chi connectivity index (χ0n) is 26.8. The van der Waals surface area contributed by atoms with Gasteiger partial charge in [0.25, 0.3) is 0 Å². The molecule has 0 aliphatic heterocycles. The smallest absolute Gasteiger partial charge is 0.326 e. The van der Waals surface area contributed by atoms with Crippen molar-refractivity contribution in [3.63, 3.8) is 0 Å². The molecule has 0 radical (unpaired) electrons. The number of aromatic hydroxyl groups is 1. The number of hydrogen-bond acceptors (Lipinski definition) is 8. The third-order valence-electron chi connectivity index (χ3n) is 7.37. The van der Waals surface area contributed by atoms with E-state index < -0.39 is 84.0 Å². The topological polar surface area (TPSA) is 237 Å². The standard InChI is InChI=1S/C31H49N5O9/c1-7-18(6)26(30(43)33-22(12-13-24(38)39)28(41)35-25(17(4)5)31(44)45)36-29(42)23(14-16(2)3)34-27(40)21(32)15-19-8-10-20(37)11-9-19/h8-11,16-18,21-23,25-26,37H,7,12-15,32H2,1-6H3,(H,33,43)(H,34,40)(H,35,41)(H,36,42)(H,38,39)(H,44,45)/t18-,21-,22-,23-,25-,26-/m0/s1. The Hall–Kier alpha value is -4.20. The average Bonchev–Trinajstić information content (AvgIpc) is 2.95. The molecular formula is C31H49N5O9. The van der Waals surface area contributed by atoms with E-state index in [-0.39, 0.29) is 30.9 Å². The van der Waals surface area contributed by atoms with Gasteiger partial charge in [-0.15, -0.1) is 0 Å². The van der Waals surface area contributed by atoms with Gasteiger partial charge in [-0.3, -0.25) is 24.0 Å². The predicted octanol–water partition coefficient (Wildman–Crippen LogP) is 0.899. The molecule has 45 heavy (non-hydrogen) atoms. The summed E-state index contributed by atoms with van der Waals surface area (Å²) in [6, 6.07) is 0.333. The molecule has 0 fully saturated rings. The maximum atomic E-state index is 13.5. The molecule has 14 heteroatoms. The van der Waals surface area contributed by atoms with Crippen molar-refractivity contribution in [1.82, 2.24) is 21.3 Å². The number of nitrogens with two attached hydrogens (primary N) is 1. The second-order valence-electron chi connectivity index (χ2n) is 12.1. The molecular weight excluding hydrogens is 586 g/mol. The van der Waals surface area contributed by atoms with Crippen molar-refractivity contribution < 1.29 is 44.1 Å². The van der Waals surface area contributed by atoms with E-state index in [2.05, 4.69) is 21.3 Å². The first-order chi connectivity index (χ1) is 21.0. The second-order valence-corrected chi connectivity index (χ2v) is 12.1. The molecule has 0 spiro atoms. The lowest BCUT2D eigenvalue weighted by Crippen LogP contribution is -2.60. The van der Waals surface area contributed by atoms with E-state index in [1.54, 1.807) is 39.8 Å². The lowest BCUT2D eigenvalue weighted by Gasteiger charge is -2.29. The number of carboxylic acid groups (broad SMARTS) is 2. The van der Waals surface area contributed by atoms with Gasteiger partial charge in [0.15, 0.2) is 0 Å². The SMILES string of the molecule is CC[C@H](C)[C@H](NC(=O)[C@H](CC(C)C)NC(=O)[C@@H](N)Cc1ccc(O)cc1)C(=O)N[C@@H](CCC(=O)O)C(=O)N[C@H](C(=O)O)C(C)C. The average molecular weight is 636 g/mol. The van der Waals surface area contributed by atoms with Crippen molar-refractivity contribution in [2.24, 2.45) is 23.5 Å². The van der Waals surface area contributed by atoms with Gasteiger partial charge in [-0.25, -0.2) is 4.79 Å². The molecule has 1 aromatic carbocycles. The largest absolute Gasteiger partial charge is 0.508 e. The van der Waals surface area contributed by atoms with Crippen LogP contribution in [0.3, 0.4) is 0 Å². The Balaban J connectivity index is 3.15. The summed E-state index contributed by atoms with van der Waals surface area (Å²) in [5, 5.41) is 38.3. The van der Waals surface area contributed by atoms with Crippen LogP contribution in [-0.4, -0.2) is 81.1 Å². The monoisotopic (exact) mass is 635 g/mol. The van der Waals surface area contributed by atoms with E-state index in [1.165, 1.54) is 12.1 Å². The fourth-order valence-electron chi connectivity index (χ4n) is 4.48. The zero-order chi connectivity index (χ0) is 34.4. The number of carbonyl (C=O) groups excluding carboxylic acids is 4. The number of rotatable bonds is 19. The van der Waals surface area contributed by atoms with Crippen molar-refractivity contribution in [2.45, 2.75) is 104 Å². The van der Waals surface area contributed by atoms with Gasteiger partial charge in [0.05, 0.1) is 6.04 Å². The Kier molecular flexibility index (Phi) is 16.0. The number of phenolic OH excluding ortho intramolecular Hbond substituents is 1. The van der Waals surface area contributed by atoms with Gasteiger partial charge < -0.3 is 42.3 Å². The lowest BCUT2D eigenvalue weighted by molar-refractivity contribution is -0.144. The first kappa shape index (κ1) is 38.8. The highest BCUT2D eigenvalue weighted by molar-refractivity contribution is 5.95. The normalized spacial score (nSPS) is 15.2. The lowest BCUT2D eigenvalue weighted by atomic mass is 9.96. The first-order valence-electron chi connectivity index (χ1n) is 15.2. The third-order valence-corrected chi connectivity index (χ3v) is 7.37. The molecule has 1 rings (SSSR count).